The standard InChI is InChI=1S/C19H23N3O3/c23-13-16-5-6-18(21-16)19(25)20-11-14-3-1-2-4-15(14)12-22-9-7-17(24)8-10-22/h1-6,13,17,21,24H,7-12H2,(H,20,25). The Morgan fingerprint density at radius 2 is 1.92 bits per heavy atom. The van der Waals surface area contributed by atoms with Gasteiger partial charge in [-0.3, -0.25) is 14.5 Å². The van der Waals surface area contributed by atoms with Gasteiger partial charge in [0.1, 0.15) is 5.69 Å². The van der Waals surface area contributed by atoms with Gasteiger partial charge in [0.15, 0.2) is 6.29 Å². The molecular formula is C19H23N3O3. The van der Waals surface area contributed by atoms with Crippen LogP contribution >= 0.6 is 0 Å². The molecule has 1 aromatic carbocycles. The second kappa shape index (κ2) is 8.09. The van der Waals surface area contributed by atoms with Crippen molar-refractivity contribution < 1.29 is 14.7 Å². The van der Waals surface area contributed by atoms with Crippen molar-refractivity contribution in [3.8, 4) is 0 Å². The van der Waals surface area contributed by atoms with Crippen LogP contribution in [0.1, 0.15) is 44.9 Å². The van der Waals surface area contributed by atoms with Crippen LogP contribution in [0.5, 0.6) is 0 Å². The van der Waals surface area contributed by atoms with E-state index in [0.29, 0.717) is 24.2 Å². The summed E-state index contributed by atoms with van der Waals surface area (Å²) in [6.45, 7) is 3.02. The molecule has 1 aliphatic heterocycles. The zero-order valence-electron chi connectivity index (χ0n) is 14.1. The number of rotatable bonds is 6. The van der Waals surface area contributed by atoms with Gasteiger partial charge < -0.3 is 15.4 Å². The van der Waals surface area contributed by atoms with Crippen LogP contribution in [0.25, 0.3) is 0 Å². The molecule has 132 valence electrons. The molecule has 0 aliphatic carbocycles. The predicted octanol–water partition coefficient (Wildman–Crippen LogP) is 1.71. The van der Waals surface area contributed by atoms with Crippen LogP contribution in [0.15, 0.2) is 36.4 Å². The molecule has 0 atom stereocenters. The van der Waals surface area contributed by atoms with E-state index in [4.69, 9.17) is 0 Å². The molecule has 0 bridgehead atoms. The third-order valence-electron chi connectivity index (χ3n) is 4.59. The summed E-state index contributed by atoms with van der Waals surface area (Å²) in [5.74, 6) is -0.232. The van der Waals surface area contributed by atoms with Crippen molar-refractivity contribution in [2.45, 2.75) is 32.0 Å². The number of hydrogen-bond donors (Lipinski definition) is 3. The first kappa shape index (κ1) is 17.4. The number of nitrogens with one attached hydrogen (secondary N) is 2. The van der Waals surface area contributed by atoms with Crippen molar-refractivity contribution in [3.63, 3.8) is 0 Å². The number of aldehydes is 1. The highest BCUT2D eigenvalue weighted by molar-refractivity contribution is 5.93. The largest absolute Gasteiger partial charge is 0.393 e. The van der Waals surface area contributed by atoms with Gasteiger partial charge >= 0.3 is 0 Å². The highest BCUT2D eigenvalue weighted by Gasteiger charge is 2.18. The zero-order chi connectivity index (χ0) is 17.6. The number of benzene rings is 1. The second-order valence-corrected chi connectivity index (χ2v) is 6.40. The molecule has 1 fully saturated rings. The number of H-pyrrole nitrogens is 1. The van der Waals surface area contributed by atoms with Crippen molar-refractivity contribution in [1.82, 2.24) is 15.2 Å². The Hall–Kier alpha value is -2.44. The topological polar surface area (TPSA) is 85.4 Å². The lowest BCUT2D eigenvalue weighted by Crippen LogP contribution is -2.35. The highest BCUT2D eigenvalue weighted by atomic mass is 16.3. The van der Waals surface area contributed by atoms with Crippen molar-refractivity contribution in [2.75, 3.05) is 13.1 Å². The molecule has 0 saturated carbocycles. The van der Waals surface area contributed by atoms with Crippen LogP contribution in [0.2, 0.25) is 0 Å². The van der Waals surface area contributed by atoms with Crippen LogP contribution in [0.3, 0.4) is 0 Å². The Balaban J connectivity index is 1.60. The first-order valence-corrected chi connectivity index (χ1v) is 8.55. The summed E-state index contributed by atoms with van der Waals surface area (Å²) in [7, 11) is 0. The van der Waals surface area contributed by atoms with E-state index in [9.17, 15) is 14.7 Å². The van der Waals surface area contributed by atoms with E-state index in [2.05, 4.69) is 21.3 Å². The Morgan fingerprint density at radius 1 is 1.20 bits per heavy atom. The minimum atomic E-state index is -0.232. The first-order valence-electron chi connectivity index (χ1n) is 8.55. The van der Waals surface area contributed by atoms with Crippen LogP contribution in [0.4, 0.5) is 0 Å². The molecule has 2 aromatic rings. The molecule has 3 N–H and O–H groups in total. The van der Waals surface area contributed by atoms with Crippen LogP contribution < -0.4 is 5.32 Å². The summed E-state index contributed by atoms with van der Waals surface area (Å²) in [6.07, 6.45) is 2.12. The number of carbonyl (C=O) groups excluding carboxylic acids is 2. The third kappa shape index (κ3) is 4.55. The fraction of sp³-hybridized carbons (Fsp3) is 0.368. The van der Waals surface area contributed by atoms with E-state index in [1.165, 1.54) is 5.56 Å². The van der Waals surface area contributed by atoms with Gasteiger partial charge in [-0.15, -0.1) is 0 Å². The SMILES string of the molecule is O=Cc1ccc(C(=O)NCc2ccccc2CN2CCC(O)CC2)[nH]1. The van der Waals surface area contributed by atoms with Gasteiger partial charge in [0.05, 0.1) is 11.8 Å². The van der Waals surface area contributed by atoms with Crippen LogP contribution in [0, 0.1) is 0 Å². The van der Waals surface area contributed by atoms with E-state index in [1.54, 1.807) is 12.1 Å². The average molecular weight is 341 g/mol. The van der Waals surface area contributed by atoms with E-state index in [-0.39, 0.29) is 12.0 Å². The summed E-state index contributed by atoms with van der Waals surface area (Å²) >= 11 is 0. The molecule has 1 amide bonds. The zero-order valence-corrected chi connectivity index (χ0v) is 14.1. The molecule has 1 aromatic heterocycles. The van der Waals surface area contributed by atoms with Gasteiger partial charge in [0, 0.05) is 26.2 Å². The minimum Gasteiger partial charge on any atom is -0.393 e. The Labute approximate surface area is 146 Å². The maximum Gasteiger partial charge on any atom is 0.267 e. The molecular weight excluding hydrogens is 318 g/mol. The molecule has 1 saturated heterocycles. The number of aromatic nitrogens is 1. The molecule has 6 nitrogen and oxygen atoms in total. The molecule has 2 heterocycles. The number of amides is 1. The fourth-order valence-corrected chi connectivity index (χ4v) is 3.09. The number of piperidine rings is 1. The summed E-state index contributed by atoms with van der Waals surface area (Å²) in [4.78, 5) is 28.0. The molecule has 6 heteroatoms. The van der Waals surface area contributed by atoms with E-state index in [0.717, 1.165) is 38.0 Å². The quantitative estimate of drug-likeness (QED) is 0.698. The van der Waals surface area contributed by atoms with E-state index >= 15 is 0 Å². The van der Waals surface area contributed by atoms with Crippen molar-refractivity contribution in [1.29, 1.82) is 0 Å². The van der Waals surface area contributed by atoms with Crippen LogP contribution in [-0.4, -0.2) is 46.4 Å². The number of aromatic amines is 1. The summed E-state index contributed by atoms with van der Waals surface area (Å²) in [5, 5.41) is 12.5. The Morgan fingerprint density at radius 3 is 2.60 bits per heavy atom. The maximum absolute atomic E-state index is 12.2. The van der Waals surface area contributed by atoms with Gasteiger partial charge in [-0.25, -0.2) is 0 Å². The van der Waals surface area contributed by atoms with Gasteiger partial charge in [0.25, 0.3) is 5.91 Å². The Kier molecular flexibility index (Phi) is 5.63. The van der Waals surface area contributed by atoms with Gasteiger partial charge in [0.2, 0.25) is 0 Å². The lowest BCUT2D eigenvalue weighted by molar-refractivity contribution is 0.0790. The number of aliphatic hydroxyl groups is 1. The van der Waals surface area contributed by atoms with Crippen LogP contribution in [-0.2, 0) is 13.1 Å². The van der Waals surface area contributed by atoms with Crippen molar-refractivity contribution in [2.24, 2.45) is 0 Å². The normalized spacial score (nSPS) is 15.9. The maximum atomic E-state index is 12.2. The number of aliphatic hydroxyl groups excluding tert-OH is 1. The van der Waals surface area contributed by atoms with Gasteiger partial charge in [-0.2, -0.15) is 0 Å². The fourth-order valence-electron chi connectivity index (χ4n) is 3.09. The summed E-state index contributed by atoms with van der Waals surface area (Å²) in [6, 6.07) is 11.2. The predicted molar refractivity (Wildman–Crippen MR) is 94.3 cm³/mol. The monoisotopic (exact) mass is 341 g/mol. The lowest BCUT2D eigenvalue weighted by Gasteiger charge is -2.30. The minimum absolute atomic E-state index is 0.178. The van der Waals surface area contributed by atoms with Gasteiger partial charge in [-0.05, 0) is 36.1 Å². The van der Waals surface area contributed by atoms with E-state index in [1.807, 2.05) is 18.2 Å². The summed E-state index contributed by atoms with van der Waals surface area (Å²) in [5.41, 5.74) is 3.02. The summed E-state index contributed by atoms with van der Waals surface area (Å²) < 4.78 is 0. The number of likely N-dealkylation sites (tertiary alicyclic amines) is 1. The number of nitrogens with zero attached hydrogens (tertiary/aromatic N) is 1. The van der Waals surface area contributed by atoms with E-state index < -0.39 is 0 Å². The number of carbonyl (C=O) groups is 2. The molecule has 1 aliphatic rings. The molecule has 0 spiro atoms. The smallest absolute Gasteiger partial charge is 0.267 e. The molecule has 0 radical (unpaired) electrons. The molecule has 3 rings (SSSR count). The van der Waals surface area contributed by atoms with Crippen molar-refractivity contribution >= 4 is 12.2 Å². The first-order chi connectivity index (χ1) is 12.2. The third-order valence-corrected chi connectivity index (χ3v) is 4.59. The molecule has 25 heavy (non-hydrogen) atoms. The average Bonchev–Trinajstić information content (AvgIpc) is 3.12. The Bertz CT molecular complexity index is 733. The van der Waals surface area contributed by atoms with Crippen molar-refractivity contribution in [3.05, 3.63) is 58.9 Å². The highest BCUT2D eigenvalue weighted by Crippen LogP contribution is 2.16. The van der Waals surface area contributed by atoms with Gasteiger partial charge in [-0.1, -0.05) is 24.3 Å². The second-order valence-electron chi connectivity index (χ2n) is 6.40. The number of hydrogen-bond acceptors (Lipinski definition) is 4. The molecule has 0 unspecified atom stereocenters. The lowest BCUT2D eigenvalue weighted by atomic mass is 10.0.